The predicted octanol–water partition coefficient (Wildman–Crippen LogP) is 3.48. The summed E-state index contributed by atoms with van der Waals surface area (Å²) in [6.07, 6.45) is 7.32. The summed E-state index contributed by atoms with van der Waals surface area (Å²) >= 11 is 5.81. The molecule has 11 heteroatoms. The lowest BCUT2D eigenvalue weighted by Gasteiger charge is -2.38. The van der Waals surface area contributed by atoms with E-state index in [0.29, 0.717) is 47.8 Å². The molecular weight excluding hydrogens is 474 g/mol. The average Bonchev–Trinajstić information content (AvgIpc) is 3.24. The van der Waals surface area contributed by atoms with Gasteiger partial charge in [-0.2, -0.15) is 0 Å². The second kappa shape index (κ2) is 10.0. The Bertz CT molecular complexity index is 1250. The molecule has 3 aromatic heterocycles. The zero-order valence-corrected chi connectivity index (χ0v) is 19.6. The fourth-order valence-electron chi connectivity index (χ4n) is 4.65. The van der Waals surface area contributed by atoms with Crippen LogP contribution in [0.1, 0.15) is 36.2 Å². The van der Waals surface area contributed by atoms with Gasteiger partial charge in [0.25, 0.3) is 5.91 Å². The third kappa shape index (κ3) is 4.98. The van der Waals surface area contributed by atoms with E-state index in [1.54, 1.807) is 30.6 Å². The molecule has 0 spiro atoms. The number of pyridine rings is 2. The number of nitrogens with zero attached hydrogens (tertiary/aromatic N) is 3. The van der Waals surface area contributed by atoms with Crippen LogP contribution in [0, 0.1) is 5.92 Å². The van der Waals surface area contributed by atoms with E-state index in [0.717, 1.165) is 12.8 Å². The molecule has 0 aromatic carbocycles. The fourth-order valence-corrected chi connectivity index (χ4v) is 4.77. The number of hydrogen-bond acceptors (Lipinski definition) is 7. The number of ether oxygens (including phenoxy) is 1. The van der Waals surface area contributed by atoms with Crippen molar-refractivity contribution in [1.82, 2.24) is 14.9 Å². The van der Waals surface area contributed by atoms with Crippen LogP contribution in [0.2, 0.25) is 5.15 Å². The summed E-state index contributed by atoms with van der Waals surface area (Å²) in [5, 5.41) is 6.46. The van der Waals surface area contributed by atoms with Crippen molar-refractivity contribution in [2.24, 2.45) is 5.92 Å². The second-order valence-electron chi connectivity index (χ2n) is 8.64. The number of aromatic nitrogens is 2. The molecule has 3 aromatic rings. The molecular formula is C24H24ClN5O5. The van der Waals surface area contributed by atoms with E-state index < -0.39 is 5.91 Å². The van der Waals surface area contributed by atoms with Gasteiger partial charge in [0.15, 0.2) is 0 Å². The summed E-state index contributed by atoms with van der Waals surface area (Å²) < 4.78 is 11.0. The molecule has 1 aliphatic heterocycles. The molecule has 2 N–H and O–H groups in total. The minimum Gasteiger partial charge on any atom is -0.448 e. The first kappa shape index (κ1) is 23.3. The minimum absolute atomic E-state index is 0.00746. The summed E-state index contributed by atoms with van der Waals surface area (Å²) in [7, 11) is 0. The molecule has 0 unspecified atom stereocenters. The highest BCUT2D eigenvalue weighted by Crippen LogP contribution is 2.34. The Morgan fingerprint density at radius 3 is 2.66 bits per heavy atom. The van der Waals surface area contributed by atoms with Gasteiger partial charge in [0.2, 0.25) is 17.6 Å². The Morgan fingerprint density at radius 2 is 1.91 bits per heavy atom. The van der Waals surface area contributed by atoms with Crippen LogP contribution in [-0.2, 0) is 14.3 Å². The van der Waals surface area contributed by atoms with E-state index in [4.69, 9.17) is 20.8 Å². The van der Waals surface area contributed by atoms with Gasteiger partial charge >= 0.3 is 0 Å². The number of carbonyl (C=O) groups is 3. The quantitative estimate of drug-likeness (QED) is 0.516. The number of morpholine rings is 1. The minimum atomic E-state index is -0.532. The van der Waals surface area contributed by atoms with Gasteiger partial charge in [0.05, 0.1) is 23.9 Å². The molecule has 0 radical (unpaired) electrons. The van der Waals surface area contributed by atoms with Gasteiger partial charge in [-0.3, -0.25) is 19.4 Å². The molecule has 0 atom stereocenters. The zero-order valence-electron chi connectivity index (χ0n) is 18.8. The molecule has 182 valence electrons. The van der Waals surface area contributed by atoms with Crippen molar-refractivity contribution in [3.8, 4) is 0 Å². The lowest BCUT2D eigenvalue weighted by Crippen LogP contribution is -2.49. The van der Waals surface area contributed by atoms with Crippen LogP contribution in [0.15, 0.2) is 41.2 Å². The monoisotopic (exact) mass is 497 g/mol. The zero-order chi connectivity index (χ0) is 24.4. The van der Waals surface area contributed by atoms with Crippen LogP contribution in [0.25, 0.3) is 11.0 Å². The largest absolute Gasteiger partial charge is 0.448 e. The lowest BCUT2D eigenvalue weighted by atomic mass is 9.84. The van der Waals surface area contributed by atoms with Gasteiger partial charge in [0, 0.05) is 30.9 Å². The molecule has 3 amide bonds. The van der Waals surface area contributed by atoms with Gasteiger partial charge in [-0.15, -0.1) is 0 Å². The van der Waals surface area contributed by atoms with Gasteiger partial charge in [0.1, 0.15) is 23.0 Å². The number of amides is 3. The first-order chi connectivity index (χ1) is 17.0. The van der Waals surface area contributed by atoms with Crippen molar-refractivity contribution in [2.75, 3.05) is 30.4 Å². The molecule has 5 rings (SSSR count). The van der Waals surface area contributed by atoms with Gasteiger partial charge in [-0.05, 0) is 43.9 Å². The fraction of sp³-hybridized carbons (Fsp3) is 0.375. The van der Waals surface area contributed by atoms with Crippen molar-refractivity contribution in [3.63, 3.8) is 0 Å². The van der Waals surface area contributed by atoms with E-state index in [9.17, 15) is 14.4 Å². The lowest BCUT2D eigenvalue weighted by molar-refractivity contribution is -0.146. The first-order valence-electron chi connectivity index (χ1n) is 11.5. The average molecular weight is 498 g/mol. The Morgan fingerprint density at radius 1 is 1.09 bits per heavy atom. The molecule has 1 saturated heterocycles. The Hall–Kier alpha value is -3.50. The first-order valence-corrected chi connectivity index (χ1v) is 11.8. The van der Waals surface area contributed by atoms with Gasteiger partial charge in [-0.1, -0.05) is 11.6 Å². The summed E-state index contributed by atoms with van der Waals surface area (Å²) in [5.41, 5.74) is 1.15. The smallest absolute Gasteiger partial charge is 0.293 e. The second-order valence-corrected chi connectivity index (χ2v) is 9.02. The number of rotatable bonds is 5. The molecule has 2 fully saturated rings. The number of anilines is 2. The van der Waals surface area contributed by atoms with E-state index in [-0.39, 0.29) is 41.8 Å². The Labute approximate surface area is 206 Å². The Balaban J connectivity index is 1.30. The maximum Gasteiger partial charge on any atom is 0.293 e. The van der Waals surface area contributed by atoms with Crippen molar-refractivity contribution >= 4 is 51.7 Å². The standard InChI is InChI=1S/C24H24ClN5O5/c25-19-6-3-15(11-27-19)28-24(33)22-21(17-12-26-8-7-18(17)35-22)29-23(32)14-1-4-16(5-2-14)30-9-10-34-13-20(30)31/h3,6-8,11-12,14,16H,1-2,4-5,9-10,13H2,(H,28,33)(H,29,32)/t14-,16-. The van der Waals surface area contributed by atoms with Crippen LogP contribution in [-0.4, -0.2) is 58.4 Å². The molecule has 0 bridgehead atoms. The van der Waals surface area contributed by atoms with Gasteiger partial charge in [-0.25, -0.2) is 4.98 Å². The molecule has 1 aliphatic carbocycles. The maximum absolute atomic E-state index is 13.2. The number of hydrogen-bond donors (Lipinski definition) is 2. The summed E-state index contributed by atoms with van der Waals surface area (Å²) in [4.78, 5) is 48.3. The molecule has 2 aliphatic rings. The van der Waals surface area contributed by atoms with Crippen LogP contribution >= 0.6 is 11.6 Å². The van der Waals surface area contributed by atoms with Gasteiger partial charge < -0.3 is 24.7 Å². The summed E-state index contributed by atoms with van der Waals surface area (Å²) in [6, 6.07) is 4.94. The topological polar surface area (TPSA) is 127 Å². The third-order valence-corrected chi connectivity index (χ3v) is 6.68. The number of nitrogens with one attached hydrogen (secondary N) is 2. The van der Waals surface area contributed by atoms with Crippen LogP contribution in [0.4, 0.5) is 11.4 Å². The number of fused-ring (bicyclic) bond motifs is 1. The van der Waals surface area contributed by atoms with Crippen LogP contribution in [0.3, 0.4) is 0 Å². The van der Waals surface area contributed by atoms with Crippen LogP contribution < -0.4 is 10.6 Å². The summed E-state index contributed by atoms with van der Waals surface area (Å²) in [6.45, 7) is 1.26. The Kier molecular flexibility index (Phi) is 6.65. The number of halogens is 1. The predicted molar refractivity (Wildman–Crippen MR) is 128 cm³/mol. The van der Waals surface area contributed by atoms with Crippen LogP contribution in [0.5, 0.6) is 0 Å². The van der Waals surface area contributed by atoms with E-state index in [2.05, 4.69) is 20.6 Å². The molecule has 4 heterocycles. The summed E-state index contributed by atoms with van der Waals surface area (Å²) in [5.74, 6) is -0.974. The van der Waals surface area contributed by atoms with E-state index in [1.807, 2.05) is 4.90 Å². The molecule has 35 heavy (non-hydrogen) atoms. The highest BCUT2D eigenvalue weighted by molar-refractivity contribution is 6.29. The van der Waals surface area contributed by atoms with E-state index >= 15 is 0 Å². The highest BCUT2D eigenvalue weighted by atomic mass is 35.5. The highest BCUT2D eigenvalue weighted by Gasteiger charge is 2.34. The van der Waals surface area contributed by atoms with Crippen molar-refractivity contribution in [1.29, 1.82) is 0 Å². The third-order valence-electron chi connectivity index (χ3n) is 6.46. The van der Waals surface area contributed by atoms with E-state index in [1.165, 1.54) is 6.20 Å². The van der Waals surface area contributed by atoms with Crippen molar-refractivity contribution in [3.05, 3.63) is 47.7 Å². The van der Waals surface area contributed by atoms with Crippen molar-refractivity contribution in [2.45, 2.75) is 31.7 Å². The maximum atomic E-state index is 13.2. The van der Waals surface area contributed by atoms with Crippen molar-refractivity contribution < 1.29 is 23.5 Å². The molecule has 10 nitrogen and oxygen atoms in total. The normalized spacial score (nSPS) is 20.6. The SMILES string of the molecule is O=C(Nc1ccc(Cl)nc1)c1oc2ccncc2c1NC(=O)[C@H]1CC[C@H](N2CCOCC2=O)CC1. The molecule has 1 saturated carbocycles. The number of carbonyl (C=O) groups excluding carboxylic acids is 3. The number of furan rings is 1.